The fourth-order valence-corrected chi connectivity index (χ4v) is 13.3. The van der Waals surface area contributed by atoms with Gasteiger partial charge in [0.1, 0.15) is 4.99 Å². The molecule has 1 aliphatic heterocycles. The minimum Gasteiger partial charge on any atom is -0.324 e. The van der Waals surface area contributed by atoms with E-state index in [2.05, 4.69) is 61.1 Å². The Balaban J connectivity index is 3.10. The van der Waals surface area contributed by atoms with E-state index in [1.54, 1.807) is 0 Å². The summed E-state index contributed by atoms with van der Waals surface area (Å²) in [6.07, 6.45) is 78.0. The van der Waals surface area contributed by atoms with Gasteiger partial charge in [-0.05, 0) is 77.4 Å². The lowest BCUT2D eigenvalue weighted by Crippen LogP contribution is -2.51. The molecule has 0 aromatic carbocycles. The molecule has 1 aliphatic rings. The van der Waals surface area contributed by atoms with Gasteiger partial charge in [0.05, 0.1) is 18.9 Å². The van der Waals surface area contributed by atoms with Gasteiger partial charge in [-0.25, -0.2) is 0 Å². The van der Waals surface area contributed by atoms with Crippen LogP contribution in [0.2, 0.25) is 0 Å². The van der Waals surface area contributed by atoms with Gasteiger partial charge in [-0.3, -0.25) is 14.7 Å². The summed E-state index contributed by atoms with van der Waals surface area (Å²) in [5, 5.41) is 1.03. The van der Waals surface area contributed by atoms with Crippen molar-refractivity contribution < 1.29 is 0 Å². The minimum atomic E-state index is -0.196. The van der Waals surface area contributed by atoms with E-state index < -0.39 is 0 Å². The number of thiocarbonyl (C=S) groups is 2. The van der Waals surface area contributed by atoms with E-state index in [1.165, 1.54) is 379 Å². The molecule has 0 bridgehead atoms. The second kappa shape index (κ2) is 57.5. The summed E-state index contributed by atoms with van der Waals surface area (Å²) in [6, 6.07) is 0. The molecule has 0 aliphatic carbocycles. The molecule has 0 saturated carbocycles. The number of hydrogen-bond acceptors (Lipinski definition) is 4. The molecule has 1 saturated heterocycles. The van der Waals surface area contributed by atoms with Gasteiger partial charge in [-0.1, -0.05) is 374 Å². The van der Waals surface area contributed by atoms with E-state index in [4.69, 9.17) is 24.4 Å². The fourth-order valence-electron chi connectivity index (χ4n) is 12.5. The highest BCUT2D eigenvalue weighted by molar-refractivity contribution is 7.82. The molecule has 458 valence electrons. The van der Waals surface area contributed by atoms with Crippen LogP contribution in [-0.2, 0) is 0 Å². The lowest BCUT2D eigenvalue weighted by Gasteiger charge is -2.38. The highest BCUT2D eigenvalue weighted by Gasteiger charge is 2.49. The van der Waals surface area contributed by atoms with Crippen LogP contribution in [0.3, 0.4) is 0 Å². The summed E-state index contributed by atoms with van der Waals surface area (Å²) in [7, 11) is 0. The van der Waals surface area contributed by atoms with Crippen molar-refractivity contribution in [3.8, 4) is 0 Å². The van der Waals surface area contributed by atoms with Crippen molar-refractivity contribution in [1.82, 2.24) is 19.6 Å². The predicted octanol–water partition coefficient (Wildman–Crippen LogP) is 24.4. The van der Waals surface area contributed by atoms with Gasteiger partial charge in [0.2, 0.25) is 0 Å². The minimum absolute atomic E-state index is 0.196. The molecule has 0 radical (unpaired) electrons. The van der Waals surface area contributed by atoms with E-state index >= 15 is 0 Å². The lowest BCUT2D eigenvalue weighted by atomic mass is 9.93. The van der Waals surface area contributed by atoms with Crippen molar-refractivity contribution in [2.45, 2.75) is 407 Å². The van der Waals surface area contributed by atoms with Gasteiger partial charge in [0, 0.05) is 0 Å². The quantitative estimate of drug-likeness (QED) is 0.0441. The zero-order chi connectivity index (χ0) is 55.8. The zero-order valence-corrected chi connectivity index (χ0v) is 55.6. The lowest BCUT2D eigenvalue weighted by molar-refractivity contribution is 0.134. The molecule has 0 N–H and O–H groups in total. The van der Waals surface area contributed by atoms with Crippen LogP contribution in [0.5, 0.6) is 0 Å². The molecule has 0 amide bonds. The zero-order valence-electron chi connectivity index (χ0n) is 53.9. The second-order valence-electron chi connectivity index (χ2n) is 25.7. The smallest absolute Gasteiger partial charge is 0.179 e. The third-order valence-corrected chi connectivity index (χ3v) is 19.1. The number of rotatable bonds is 64. The van der Waals surface area contributed by atoms with Gasteiger partial charge in [0.25, 0.3) is 0 Å². The topological polar surface area (TPSA) is 13.0 Å². The molecule has 6 heteroatoms. The summed E-state index contributed by atoms with van der Waals surface area (Å²) in [4.78, 5) is 11.9. The molecular weight excluding hydrogens is 973 g/mol. The van der Waals surface area contributed by atoms with Crippen molar-refractivity contribution >= 4 is 34.5 Å². The number of unbranched alkanes of at least 4 members (excludes halogenated alkanes) is 50. The van der Waals surface area contributed by atoms with Crippen LogP contribution in [0, 0.1) is 0 Å². The Hall–Kier alpha value is -0.300. The van der Waals surface area contributed by atoms with Crippen LogP contribution < -0.4 is 0 Å². The normalized spacial score (nSPS) is 15.0. The number of hydrogen-bond donors (Lipinski definition) is 0. The maximum Gasteiger partial charge on any atom is 0.179 e. The fraction of sp³-hybridized carbons (Fsp3) is 0.972. The van der Waals surface area contributed by atoms with Crippen LogP contribution >= 0.6 is 24.4 Å². The Kier molecular flexibility index (Phi) is 55.8. The Morgan fingerprint density at radius 3 is 0.701 bits per heavy atom. The number of nitrogens with zero attached hydrogens (tertiary/aromatic N) is 4. The van der Waals surface area contributed by atoms with E-state index in [9.17, 15) is 0 Å². The SMILES string of the molecule is CCCCCCCCCCCCCCN(CCCCCCCCCCCCCC)CN1C(=S)N(CN(CCCCCCCCCCCCCC)CCCCCCCCCCCCCC)C(C)(CCCCCCCCC)C1=S. The average Bonchev–Trinajstić information content (AvgIpc) is 3.60. The summed E-state index contributed by atoms with van der Waals surface area (Å²) < 4.78 is 0. The first-order valence-electron chi connectivity index (χ1n) is 36.0. The molecule has 1 unspecified atom stereocenters. The maximum absolute atomic E-state index is 6.74. The van der Waals surface area contributed by atoms with Crippen LogP contribution in [0.4, 0.5) is 0 Å². The molecule has 1 atom stereocenters. The van der Waals surface area contributed by atoms with E-state index in [0.717, 1.165) is 29.9 Å². The standard InChI is InChI=1S/C71H142N4S2/c1-7-12-17-22-27-31-35-39-43-48-53-58-63-72(64-59-54-49-44-40-36-32-28-23-18-13-8-2)67-74-69(76)71(6,62-57-52-47-26-21-16-11-5)75(70(74)77)68-73(65-60-55-50-45-41-37-33-29-24-19-14-9-3)66-61-56-51-46-42-38-34-30-25-20-15-10-4/h7-68H2,1-6H3. The monoisotopic (exact) mass is 1120 g/mol. The predicted molar refractivity (Wildman–Crippen MR) is 357 cm³/mol. The van der Waals surface area contributed by atoms with Gasteiger partial charge < -0.3 is 4.90 Å². The first kappa shape index (κ1) is 74.7. The van der Waals surface area contributed by atoms with Crippen molar-refractivity contribution in [2.75, 3.05) is 39.5 Å². The molecule has 0 aromatic heterocycles. The molecule has 1 heterocycles. The highest BCUT2D eigenvalue weighted by Crippen LogP contribution is 2.35. The first-order chi connectivity index (χ1) is 37.9. The van der Waals surface area contributed by atoms with Crippen LogP contribution in [0.1, 0.15) is 401 Å². The van der Waals surface area contributed by atoms with Gasteiger partial charge in [-0.2, -0.15) is 0 Å². The molecule has 0 spiro atoms. The van der Waals surface area contributed by atoms with Crippen LogP contribution in [0.15, 0.2) is 0 Å². The van der Waals surface area contributed by atoms with Crippen LogP contribution in [0.25, 0.3) is 0 Å². The largest absolute Gasteiger partial charge is 0.324 e. The Bertz CT molecular complexity index is 1170. The highest BCUT2D eigenvalue weighted by atomic mass is 32.1. The Morgan fingerprint density at radius 2 is 0.468 bits per heavy atom. The molecule has 0 aromatic rings. The summed E-state index contributed by atoms with van der Waals surface area (Å²) in [5.74, 6) is 0. The molecule has 1 fully saturated rings. The average molecular weight is 1120 g/mol. The Morgan fingerprint density at radius 1 is 0.273 bits per heavy atom. The van der Waals surface area contributed by atoms with Crippen LogP contribution in [-0.4, -0.2) is 74.8 Å². The molecule has 1 rings (SSSR count). The summed E-state index contributed by atoms with van der Waals surface area (Å²) in [6.45, 7) is 20.7. The van der Waals surface area contributed by atoms with E-state index in [1.807, 2.05) is 0 Å². The Labute approximate surface area is 497 Å². The molecule has 77 heavy (non-hydrogen) atoms. The van der Waals surface area contributed by atoms with Gasteiger partial charge in [0.15, 0.2) is 5.11 Å². The second-order valence-corrected chi connectivity index (χ2v) is 26.4. The third-order valence-electron chi connectivity index (χ3n) is 18.0. The van der Waals surface area contributed by atoms with E-state index in [-0.39, 0.29) is 5.54 Å². The van der Waals surface area contributed by atoms with Crippen molar-refractivity contribution in [3.05, 3.63) is 0 Å². The molecule has 4 nitrogen and oxygen atoms in total. The maximum atomic E-state index is 6.74. The summed E-state index contributed by atoms with van der Waals surface area (Å²) >= 11 is 13.5. The first-order valence-corrected chi connectivity index (χ1v) is 36.8. The van der Waals surface area contributed by atoms with Gasteiger partial charge >= 0.3 is 0 Å². The van der Waals surface area contributed by atoms with Crippen molar-refractivity contribution in [3.63, 3.8) is 0 Å². The molecular formula is C71H142N4S2. The van der Waals surface area contributed by atoms with E-state index in [0.29, 0.717) is 0 Å². The van der Waals surface area contributed by atoms with Gasteiger partial charge in [-0.15, -0.1) is 0 Å². The van der Waals surface area contributed by atoms with Crippen molar-refractivity contribution in [1.29, 1.82) is 0 Å². The van der Waals surface area contributed by atoms with Crippen molar-refractivity contribution in [2.24, 2.45) is 0 Å². The summed E-state index contributed by atoms with van der Waals surface area (Å²) in [5.41, 5.74) is -0.196. The third kappa shape index (κ3) is 43.1.